The average molecular weight is 354 g/mol. The Balaban J connectivity index is 1.37. The van der Waals surface area contributed by atoms with E-state index < -0.39 is 0 Å². The molecule has 136 valence electrons. The first-order valence-corrected chi connectivity index (χ1v) is 9.34. The van der Waals surface area contributed by atoms with Crippen molar-refractivity contribution >= 4 is 11.7 Å². The number of hydrogen-bond donors (Lipinski definition) is 0. The number of nitrogens with zero attached hydrogens (tertiary/aromatic N) is 4. The highest BCUT2D eigenvalue weighted by atomic mass is 19.1. The number of halogens is 1. The number of benzene rings is 1. The molecule has 2 heterocycles. The van der Waals surface area contributed by atoms with Crippen LogP contribution < -0.4 is 4.90 Å². The second kappa shape index (κ2) is 7.40. The Bertz CT molecular complexity index is 748. The molecule has 1 saturated heterocycles. The number of rotatable bonds is 3. The largest absolute Gasteiger partial charge is 0.352 e. The number of piperazine rings is 1. The Kier molecular flexibility index (Phi) is 4.82. The molecule has 0 bridgehead atoms. The SMILES string of the molecule is O=C(C1CCCC1)N1CCN(c2ccc(-c3ccc(F)cc3)nn2)CC1. The van der Waals surface area contributed by atoms with Crippen LogP contribution in [0.3, 0.4) is 0 Å². The molecule has 1 aromatic carbocycles. The predicted octanol–water partition coefficient (Wildman–Crippen LogP) is 3.12. The van der Waals surface area contributed by atoms with Gasteiger partial charge in [-0.15, -0.1) is 10.2 Å². The molecule has 5 nitrogen and oxygen atoms in total. The smallest absolute Gasteiger partial charge is 0.225 e. The lowest BCUT2D eigenvalue weighted by molar-refractivity contribution is -0.135. The van der Waals surface area contributed by atoms with Crippen molar-refractivity contribution < 1.29 is 9.18 Å². The van der Waals surface area contributed by atoms with Gasteiger partial charge in [-0.3, -0.25) is 4.79 Å². The summed E-state index contributed by atoms with van der Waals surface area (Å²) in [6.07, 6.45) is 4.48. The van der Waals surface area contributed by atoms with Gasteiger partial charge in [-0.1, -0.05) is 12.8 Å². The summed E-state index contributed by atoms with van der Waals surface area (Å²) in [5.74, 6) is 1.14. The van der Waals surface area contributed by atoms with Crippen LogP contribution in [0.2, 0.25) is 0 Å². The lowest BCUT2D eigenvalue weighted by Crippen LogP contribution is -2.50. The maximum absolute atomic E-state index is 13.0. The molecular weight excluding hydrogens is 331 g/mol. The quantitative estimate of drug-likeness (QED) is 0.850. The summed E-state index contributed by atoms with van der Waals surface area (Å²) in [4.78, 5) is 16.7. The van der Waals surface area contributed by atoms with Gasteiger partial charge in [0.25, 0.3) is 0 Å². The second-order valence-corrected chi connectivity index (χ2v) is 7.08. The number of anilines is 1. The molecule has 6 heteroatoms. The Morgan fingerprint density at radius 3 is 2.23 bits per heavy atom. The standard InChI is InChI=1S/C20H23FN4O/c21-17-7-5-15(6-8-17)18-9-10-19(23-22-18)24-11-13-25(14-12-24)20(26)16-3-1-2-4-16/h5-10,16H,1-4,11-14H2. The van der Waals surface area contributed by atoms with E-state index in [0.717, 1.165) is 56.1 Å². The van der Waals surface area contributed by atoms with Crippen molar-refractivity contribution in [3.05, 3.63) is 42.2 Å². The van der Waals surface area contributed by atoms with E-state index in [0.29, 0.717) is 5.91 Å². The maximum atomic E-state index is 13.0. The van der Waals surface area contributed by atoms with Crippen LogP contribution in [0.4, 0.5) is 10.2 Å². The van der Waals surface area contributed by atoms with Crippen LogP contribution in [0.1, 0.15) is 25.7 Å². The zero-order valence-corrected chi connectivity index (χ0v) is 14.8. The highest BCUT2D eigenvalue weighted by molar-refractivity contribution is 5.79. The summed E-state index contributed by atoms with van der Waals surface area (Å²) in [5, 5.41) is 8.60. The maximum Gasteiger partial charge on any atom is 0.225 e. The van der Waals surface area contributed by atoms with Crippen molar-refractivity contribution in [3.8, 4) is 11.3 Å². The lowest BCUT2D eigenvalue weighted by atomic mass is 10.1. The van der Waals surface area contributed by atoms with E-state index in [9.17, 15) is 9.18 Å². The number of carbonyl (C=O) groups excluding carboxylic acids is 1. The van der Waals surface area contributed by atoms with E-state index in [1.54, 1.807) is 12.1 Å². The van der Waals surface area contributed by atoms with Crippen molar-refractivity contribution in [2.45, 2.75) is 25.7 Å². The van der Waals surface area contributed by atoms with Gasteiger partial charge in [-0.05, 0) is 49.2 Å². The van der Waals surface area contributed by atoms with Gasteiger partial charge >= 0.3 is 0 Å². The Labute approximate surface area is 152 Å². The molecule has 1 aliphatic heterocycles. The van der Waals surface area contributed by atoms with Crippen molar-refractivity contribution in [3.63, 3.8) is 0 Å². The minimum absolute atomic E-state index is 0.247. The summed E-state index contributed by atoms with van der Waals surface area (Å²) >= 11 is 0. The van der Waals surface area contributed by atoms with E-state index in [-0.39, 0.29) is 11.7 Å². The van der Waals surface area contributed by atoms with Gasteiger partial charge in [0.2, 0.25) is 5.91 Å². The molecule has 4 rings (SSSR count). The fourth-order valence-corrected chi connectivity index (χ4v) is 3.86. The Hall–Kier alpha value is -2.50. The summed E-state index contributed by atoms with van der Waals surface area (Å²) in [7, 11) is 0. The van der Waals surface area contributed by atoms with Crippen molar-refractivity contribution in [1.29, 1.82) is 0 Å². The number of carbonyl (C=O) groups is 1. The molecule has 26 heavy (non-hydrogen) atoms. The van der Waals surface area contributed by atoms with Crippen LogP contribution >= 0.6 is 0 Å². The number of aromatic nitrogens is 2. The van der Waals surface area contributed by atoms with Gasteiger partial charge in [0, 0.05) is 37.7 Å². The number of hydrogen-bond acceptors (Lipinski definition) is 4. The molecule has 1 saturated carbocycles. The van der Waals surface area contributed by atoms with E-state index in [1.807, 2.05) is 17.0 Å². The normalized spacial score (nSPS) is 18.3. The molecule has 0 radical (unpaired) electrons. The van der Waals surface area contributed by atoms with Crippen LogP contribution in [0.15, 0.2) is 36.4 Å². The summed E-state index contributed by atoms with van der Waals surface area (Å²) in [5.41, 5.74) is 1.57. The van der Waals surface area contributed by atoms with E-state index in [2.05, 4.69) is 15.1 Å². The third-order valence-corrected chi connectivity index (χ3v) is 5.41. The topological polar surface area (TPSA) is 49.3 Å². The van der Waals surface area contributed by atoms with Crippen LogP contribution in [-0.4, -0.2) is 47.2 Å². The molecule has 2 fully saturated rings. The molecule has 0 atom stereocenters. The highest BCUT2D eigenvalue weighted by Crippen LogP contribution is 2.27. The zero-order valence-electron chi connectivity index (χ0n) is 14.8. The van der Waals surface area contributed by atoms with E-state index in [4.69, 9.17) is 0 Å². The lowest BCUT2D eigenvalue weighted by Gasteiger charge is -2.36. The summed E-state index contributed by atoms with van der Waals surface area (Å²) in [6.45, 7) is 3.06. The molecule has 2 aliphatic rings. The minimum atomic E-state index is -0.261. The molecular formula is C20H23FN4O. The fraction of sp³-hybridized carbons (Fsp3) is 0.450. The van der Waals surface area contributed by atoms with E-state index >= 15 is 0 Å². The first-order chi connectivity index (χ1) is 12.7. The zero-order chi connectivity index (χ0) is 17.9. The van der Waals surface area contributed by atoms with Gasteiger partial charge in [0.1, 0.15) is 5.82 Å². The van der Waals surface area contributed by atoms with Gasteiger partial charge in [-0.2, -0.15) is 0 Å². The molecule has 1 aliphatic carbocycles. The summed E-state index contributed by atoms with van der Waals surface area (Å²) < 4.78 is 13.0. The molecule has 1 aromatic heterocycles. The van der Waals surface area contributed by atoms with Gasteiger partial charge in [0.05, 0.1) is 5.69 Å². The molecule has 0 N–H and O–H groups in total. The average Bonchev–Trinajstić information content (AvgIpc) is 3.23. The Morgan fingerprint density at radius 1 is 0.923 bits per heavy atom. The fourth-order valence-electron chi connectivity index (χ4n) is 3.86. The molecule has 0 unspecified atom stereocenters. The minimum Gasteiger partial charge on any atom is -0.352 e. The van der Waals surface area contributed by atoms with Crippen LogP contribution in [-0.2, 0) is 4.79 Å². The third kappa shape index (κ3) is 3.54. The second-order valence-electron chi connectivity index (χ2n) is 7.08. The van der Waals surface area contributed by atoms with Gasteiger partial charge in [-0.25, -0.2) is 4.39 Å². The van der Waals surface area contributed by atoms with Crippen molar-refractivity contribution in [2.24, 2.45) is 5.92 Å². The predicted molar refractivity (Wildman–Crippen MR) is 98.2 cm³/mol. The molecule has 0 spiro atoms. The van der Waals surface area contributed by atoms with Crippen LogP contribution in [0.25, 0.3) is 11.3 Å². The Morgan fingerprint density at radius 2 is 1.62 bits per heavy atom. The van der Waals surface area contributed by atoms with Crippen LogP contribution in [0, 0.1) is 11.7 Å². The third-order valence-electron chi connectivity index (χ3n) is 5.41. The van der Waals surface area contributed by atoms with Gasteiger partial charge < -0.3 is 9.80 Å². The highest BCUT2D eigenvalue weighted by Gasteiger charge is 2.29. The van der Waals surface area contributed by atoms with Crippen molar-refractivity contribution in [1.82, 2.24) is 15.1 Å². The number of amides is 1. The van der Waals surface area contributed by atoms with Crippen LogP contribution in [0.5, 0.6) is 0 Å². The van der Waals surface area contributed by atoms with Crippen molar-refractivity contribution in [2.75, 3.05) is 31.1 Å². The summed E-state index contributed by atoms with van der Waals surface area (Å²) in [6, 6.07) is 10.1. The first kappa shape index (κ1) is 16.9. The monoisotopic (exact) mass is 354 g/mol. The molecule has 2 aromatic rings. The van der Waals surface area contributed by atoms with Gasteiger partial charge in [0.15, 0.2) is 5.82 Å². The first-order valence-electron chi connectivity index (χ1n) is 9.34. The van der Waals surface area contributed by atoms with E-state index in [1.165, 1.54) is 25.0 Å². The molecule has 1 amide bonds.